The number of benzene rings is 1. The molecule has 1 aromatic carbocycles. The van der Waals surface area contributed by atoms with E-state index in [1.54, 1.807) is 18.5 Å². The highest BCUT2D eigenvalue weighted by atomic mass is 16.5. The first-order valence-corrected chi connectivity index (χ1v) is 9.29. The standard InChI is InChI=1S/C21H27N3O2/c1-24-12-8-17(9-13-24)7-11-23-21(25)19-5-2-6-20(14-19)26-16-18-4-3-10-22-15-18/h2-6,10,14-15,17H,7-9,11-13,16H2,1H3,(H,23,25). The van der Waals surface area contributed by atoms with Crippen molar-refractivity contribution in [3.05, 3.63) is 59.9 Å². The molecule has 0 unspecified atom stereocenters. The second kappa shape index (κ2) is 9.34. The summed E-state index contributed by atoms with van der Waals surface area (Å²) in [5, 5.41) is 3.04. The molecular formula is C21H27N3O2. The monoisotopic (exact) mass is 353 g/mol. The predicted molar refractivity (Wildman–Crippen MR) is 102 cm³/mol. The largest absolute Gasteiger partial charge is 0.489 e. The Hall–Kier alpha value is -2.40. The lowest BCUT2D eigenvalue weighted by Gasteiger charge is -2.28. The fourth-order valence-electron chi connectivity index (χ4n) is 3.22. The number of ether oxygens (including phenoxy) is 1. The van der Waals surface area contributed by atoms with Crippen LogP contribution in [0.4, 0.5) is 0 Å². The molecule has 0 radical (unpaired) electrons. The van der Waals surface area contributed by atoms with Gasteiger partial charge in [0.05, 0.1) is 0 Å². The van der Waals surface area contributed by atoms with Gasteiger partial charge in [-0.05, 0) is 69.6 Å². The number of pyridine rings is 1. The van der Waals surface area contributed by atoms with Crippen LogP contribution in [-0.2, 0) is 6.61 Å². The first kappa shape index (κ1) is 18.4. The van der Waals surface area contributed by atoms with Crippen LogP contribution in [0.1, 0.15) is 35.2 Å². The maximum atomic E-state index is 12.4. The lowest BCUT2D eigenvalue weighted by molar-refractivity contribution is 0.0948. The van der Waals surface area contributed by atoms with Crippen LogP contribution in [0.3, 0.4) is 0 Å². The van der Waals surface area contributed by atoms with Gasteiger partial charge < -0.3 is 15.0 Å². The summed E-state index contributed by atoms with van der Waals surface area (Å²) in [5.74, 6) is 1.38. The summed E-state index contributed by atoms with van der Waals surface area (Å²) in [7, 11) is 2.17. The van der Waals surface area contributed by atoms with Gasteiger partial charge >= 0.3 is 0 Å². The molecule has 1 amide bonds. The fraction of sp³-hybridized carbons (Fsp3) is 0.429. The molecule has 1 fully saturated rings. The van der Waals surface area contributed by atoms with Crippen molar-refractivity contribution < 1.29 is 9.53 Å². The van der Waals surface area contributed by atoms with E-state index in [1.165, 1.54) is 12.8 Å². The molecule has 5 heteroatoms. The quantitative estimate of drug-likeness (QED) is 0.831. The van der Waals surface area contributed by atoms with E-state index in [4.69, 9.17) is 4.74 Å². The molecule has 138 valence electrons. The summed E-state index contributed by atoms with van der Waals surface area (Å²) >= 11 is 0. The van der Waals surface area contributed by atoms with Crippen molar-refractivity contribution >= 4 is 5.91 Å². The first-order chi connectivity index (χ1) is 12.7. The Balaban J connectivity index is 1.45. The lowest BCUT2D eigenvalue weighted by Crippen LogP contribution is -2.32. The second-order valence-electron chi connectivity index (χ2n) is 6.97. The number of aromatic nitrogens is 1. The number of piperidine rings is 1. The third-order valence-electron chi connectivity index (χ3n) is 4.90. The van der Waals surface area contributed by atoms with Gasteiger partial charge in [-0.15, -0.1) is 0 Å². The minimum atomic E-state index is -0.0373. The molecule has 1 aliphatic rings. The molecule has 1 N–H and O–H groups in total. The molecule has 0 bridgehead atoms. The minimum Gasteiger partial charge on any atom is -0.489 e. The van der Waals surface area contributed by atoms with Crippen LogP contribution in [0.15, 0.2) is 48.8 Å². The van der Waals surface area contributed by atoms with Gasteiger partial charge in [-0.1, -0.05) is 12.1 Å². The maximum Gasteiger partial charge on any atom is 0.251 e. The predicted octanol–water partition coefficient (Wildman–Crippen LogP) is 3.12. The molecule has 1 aromatic heterocycles. The van der Waals surface area contributed by atoms with E-state index in [-0.39, 0.29) is 5.91 Å². The molecular weight excluding hydrogens is 326 g/mol. The Labute approximate surface area is 155 Å². The van der Waals surface area contributed by atoms with E-state index >= 15 is 0 Å². The van der Waals surface area contributed by atoms with Crippen molar-refractivity contribution in [2.24, 2.45) is 5.92 Å². The highest BCUT2D eigenvalue weighted by Gasteiger charge is 2.16. The topological polar surface area (TPSA) is 54.5 Å². The zero-order valence-corrected chi connectivity index (χ0v) is 15.4. The lowest BCUT2D eigenvalue weighted by atomic mass is 9.94. The van der Waals surface area contributed by atoms with E-state index in [0.717, 1.165) is 37.5 Å². The van der Waals surface area contributed by atoms with Crippen LogP contribution in [0, 0.1) is 5.92 Å². The molecule has 2 heterocycles. The number of carbonyl (C=O) groups is 1. The summed E-state index contributed by atoms with van der Waals surface area (Å²) in [6.07, 6.45) is 7.02. The van der Waals surface area contributed by atoms with Gasteiger partial charge in [-0.3, -0.25) is 9.78 Å². The van der Waals surface area contributed by atoms with E-state index in [2.05, 4.69) is 22.2 Å². The summed E-state index contributed by atoms with van der Waals surface area (Å²) in [5.41, 5.74) is 1.64. The van der Waals surface area contributed by atoms with E-state index in [0.29, 0.717) is 17.9 Å². The summed E-state index contributed by atoms with van der Waals surface area (Å²) in [6.45, 7) is 3.49. The number of likely N-dealkylation sites (tertiary alicyclic amines) is 1. The van der Waals surface area contributed by atoms with Gasteiger partial charge in [0.2, 0.25) is 0 Å². The Morgan fingerprint density at radius 1 is 1.27 bits per heavy atom. The molecule has 1 aliphatic heterocycles. The van der Waals surface area contributed by atoms with Crippen LogP contribution in [0.5, 0.6) is 5.75 Å². The normalized spacial score (nSPS) is 15.6. The third kappa shape index (κ3) is 5.56. The van der Waals surface area contributed by atoms with Crippen LogP contribution >= 0.6 is 0 Å². The van der Waals surface area contributed by atoms with Gasteiger partial charge in [-0.25, -0.2) is 0 Å². The highest BCUT2D eigenvalue weighted by Crippen LogP contribution is 2.19. The Morgan fingerprint density at radius 2 is 2.12 bits per heavy atom. The van der Waals surface area contributed by atoms with Crippen molar-refractivity contribution in [1.29, 1.82) is 0 Å². The SMILES string of the molecule is CN1CCC(CCNC(=O)c2cccc(OCc3cccnc3)c2)CC1. The van der Waals surface area contributed by atoms with Gasteiger partial charge in [0.15, 0.2) is 0 Å². The van der Waals surface area contributed by atoms with E-state index < -0.39 is 0 Å². The van der Waals surface area contributed by atoms with Crippen molar-refractivity contribution in [3.63, 3.8) is 0 Å². The Bertz CT molecular complexity index is 697. The molecule has 5 nitrogen and oxygen atoms in total. The zero-order valence-electron chi connectivity index (χ0n) is 15.4. The van der Waals surface area contributed by atoms with Gasteiger partial charge in [0, 0.05) is 30.1 Å². The molecule has 0 aliphatic carbocycles. The molecule has 26 heavy (non-hydrogen) atoms. The van der Waals surface area contributed by atoms with Crippen LogP contribution in [-0.4, -0.2) is 42.5 Å². The Morgan fingerprint density at radius 3 is 2.88 bits per heavy atom. The molecule has 3 rings (SSSR count). The minimum absolute atomic E-state index is 0.0373. The average Bonchev–Trinajstić information content (AvgIpc) is 2.69. The highest BCUT2D eigenvalue weighted by molar-refractivity contribution is 5.94. The first-order valence-electron chi connectivity index (χ1n) is 9.29. The molecule has 2 aromatic rings. The smallest absolute Gasteiger partial charge is 0.251 e. The van der Waals surface area contributed by atoms with Gasteiger partial charge in [0.1, 0.15) is 12.4 Å². The number of nitrogens with zero attached hydrogens (tertiary/aromatic N) is 2. The van der Waals surface area contributed by atoms with Gasteiger partial charge in [-0.2, -0.15) is 0 Å². The number of hydrogen-bond donors (Lipinski definition) is 1. The van der Waals surface area contributed by atoms with Crippen molar-refractivity contribution in [2.45, 2.75) is 25.9 Å². The molecule has 0 atom stereocenters. The average molecular weight is 353 g/mol. The number of hydrogen-bond acceptors (Lipinski definition) is 4. The fourth-order valence-corrected chi connectivity index (χ4v) is 3.22. The second-order valence-corrected chi connectivity index (χ2v) is 6.97. The number of rotatable bonds is 7. The zero-order chi connectivity index (χ0) is 18.2. The van der Waals surface area contributed by atoms with Crippen LogP contribution < -0.4 is 10.1 Å². The van der Waals surface area contributed by atoms with Gasteiger partial charge in [0.25, 0.3) is 5.91 Å². The van der Waals surface area contributed by atoms with Crippen molar-refractivity contribution in [1.82, 2.24) is 15.2 Å². The number of carbonyl (C=O) groups excluding carboxylic acids is 1. The third-order valence-corrected chi connectivity index (χ3v) is 4.90. The van der Waals surface area contributed by atoms with Crippen LogP contribution in [0.25, 0.3) is 0 Å². The molecule has 0 spiro atoms. The summed E-state index contributed by atoms with van der Waals surface area (Å²) in [6, 6.07) is 11.2. The van der Waals surface area contributed by atoms with Crippen molar-refractivity contribution in [3.8, 4) is 5.75 Å². The molecule has 1 saturated heterocycles. The van der Waals surface area contributed by atoms with E-state index in [1.807, 2.05) is 30.3 Å². The van der Waals surface area contributed by atoms with Crippen LogP contribution in [0.2, 0.25) is 0 Å². The van der Waals surface area contributed by atoms with E-state index in [9.17, 15) is 4.79 Å². The Kier molecular flexibility index (Phi) is 6.61. The number of amides is 1. The summed E-state index contributed by atoms with van der Waals surface area (Å²) < 4.78 is 5.77. The number of nitrogens with one attached hydrogen (secondary N) is 1. The molecule has 0 saturated carbocycles. The summed E-state index contributed by atoms with van der Waals surface area (Å²) in [4.78, 5) is 18.8. The van der Waals surface area contributed by atoms with Crippen molar-refractivity contribution in [2.75, 3.05) is 26.7 Å². The maximum absolute atomic E-state index is 12.4.